The predicted molar refractivity (Wildman–Crippen MR) is 175 cm³/mol. The smallest absolute Gasteiger partial charge is 0.407 e. The van der Waals surface area contributed by atoms with Crippen LogP contribution in [0.5, 0.6) is 0 Å². The van der Waals surface area contributed by atoms with E-state index in [1.165, 1.54) is 0 Å². The second kappa shape index (κ2) is 16.7. The third kappa shape index (κ3) is 8.63. The van der Waals surface area contributed by atoms with E-state index in [0.29, 0.717) is 19.4 Å². The molecule has 246 valence electrons. The monoisotopic (exact) mass is 631 g/mol. The number of hydrogen-bond acceptors (Lipinski definition) is 7. The Morgan fingerprint density at radius 3 is 2.30 bits per heavy atom. The van der Waals surface area contributed by atoms with E-state index in [-0.39, 0.29) is 56.4 Å². The largest absolute Gasteiger partial charge is 0.462 e. The van der Waals surface area contributed by atoms with Gasteiger partial charge in [0.15, 0.2) is 0 Å². The van der Waals surface area contributed by atoms with Crippen molar-refractivity contribution in [2.75, 3.05) is 26.4 Å². The third-order valence-corrected chi connectivity index (χ3v) is 8.60. The number of hydrogen-bond donors (Lipinski definition) is 3. The number of aliphatic hydroxyl groups excluding tert-OH is 1. The van der Waals surface area contributed by atoms with Gasteiger partial charge in [-0.15, -0.1) is 13.2 Å². The van der Waals surface area contributed by atoms with E-state index in [4.69, 9.17) is 9.47 Å². The maximum atomic E-state index is 13.0. The van der Waals surface area contributed by atoms with Gasteiger partial charge in [0.05, 0.1) is 24.6 Å². The number of fused-ring (bicyclic) bond motifs is 3. The first-order chi connectivity index (χ1) is 22.3. The molecule has 2 aromatic rings. The van der Waals surface area contributed by atoms with Crippen LogP contribution in [-0.4, -0.2) is 78.4 Å². The van der Waals surface area contributed by atoms with Crippen molar-refractivity contribution in [1.29, 1.82) is 0 Å². The Bertz CT molecular complexity index is 1360. The predicted octanol–water partition coefficient (Wildman–Crippen LogP) is 4.47. The van der Waals surface area contributed by atoms with Crippen LogP contribution in [0.3, 0.4) is 0 Å². The summed E-state index contributed by atoms with van der Waals surface area (Å²) in [5.74, 6) is -1.94. The first-order valence-corrected chi connectivity index (χ1v) is 16.0. The lowest BCUT2D eigenvalue weighted by atomic mass is 9.98. The Hall–Kier alpha value is -4.44. The number of carbonyl (C=O) groups is 4. The molecule has 1 fully saturated rings. The first kappa shape index (κ1) is 34.4. The maximum absolute atomic E-state index is 13.0. The van der Waals surface area contributed by atoms with Crippen molar-refractivity contribution in [2.24, 2.45) is 5.92 Å². The van der Waals surface area contributed by atoms with Crippen molar-refractivity contribution >= 4 is 23.9 Å². The number of amides is 3. The molecule has 0 saturated carbocycles. The van der Waals surface area contributed by atoms with Gasteiger partial charge in [-0.05, 0) is 61.3 Å². The third-order valence-electron chi connectivity index (χ3n) is 8.60. The first-order valence-electron chi connectivity index (χ1n) is 16.0. The van der Waals surface area contributed by atoms with Crippen LogP contribution in [0.15, 0.2) is 73.8 Å². The topological polar surface area (TPSA) is 134 Å². The van der Waals surface area contributed by atoms with Gasteiger partial charge >= 0.3 is 12.1 Å². The molecule has 10 nitrogen and oxygen atoms in total. The molecule has 3 amide bonds. The average Bonchev–Trinajstić information content (AvgIpc) is 3.67. The zero-order valence-electron chi connectivity index (χ0n) is 26.5. The number of nitrogens with zero attached hydrogens (tertiary/aromatic N) is 1. The molecule has 1 aliphatic heterocycles. The van der Waals surface area contributed by atoms with Crippen molar-refractivity contribution in [3.05, 3.63) is 85.0 Å². The minimum Gasteiger partial charge on any atom is -0.462 e. The average molecular weight is 632 g/mol. The van der Waals surface area contributed by atoms with Gasteiger partial charge < -0.3 is 30.1 Å². The van der Waals surface area contributed by atoms with Crippen LogP contribution < -0.4 is 10.6 Å². The molecule has 2 aromatic carbocycles. The number of ether oxygens (including phenoxy) is 2. The van der Waals surface area contributed by atoms with Crippen molar-refractivity contribution in [3.63, 3.8) is 0 Å². The minimum atomic E-state index is -0.970. The number of benzene rings is 2. The van der Waals surface area contributed by atoms with E-state index in [0.717, 1.165) is 35.1 Å². The van der Waals surface area contributed by atoms with E-state index in [9.17, 15) is 24.3 Å². The fraction of sp³-hybridized carbons (Fsp3) is 0.444. The molecule has 1 aliphatic carbocycles. The van der Waals surface area contributed by atoms with Gasteiger partial charge in [0.2, 0.25) is 11.8 Å². The zero-order chi connectivity index (χ0) is 33.1. The van der Waals surface area contributed by atoms with Gasteiger partial charge in [-0.2, -0.15) is 0 Å². The Morgan fingerprint density at radius 1 is 1.00 bits per heavy atom. The molecule has 1 heterocycles. The van der Waals surface area contributed by atoms with Crippen LogP contribution in [-0.2, 0) is 23.9 Å². The van der Waals surface area contributed by atoms with Crippen LogP contribution in [0.25, 0.3) is 11.1 Å². The van der Waals surface area contributed by atoms with Gasteiger partial charge in [-0.3, -0.25) is 9.59 Å². The fourth-order valence-corrected chi connectivity index (χ4v) is 6.19. The summed E-state index contributed by atoms with van der Waals surface area (Å²) in [7, 11) is 0. The summed E-state index contributed by atoms with van der Waals surface area (Å²) in [6, 6.07) is 14.3. The number of nitrogens with one attached hydrogen (secondary N) is 2. The summed E-state index contributed by atoms with van der Waals surface area (Å²) in [6.45, 7) is 9.56. The van der Waals surface area contributed by atoms with Crippen LogP contribution in [0.1, 0.15) is 62.5 Å². The van der Waals surface area contributed by atoms with Crippen LogP contribution >= 0.6 is 0 Å². The lowest BCUT2D eigenvalue weighted by Crippen LogP contribution is -2.45. The summed E-state index contributed by atoms with van der Waals surface area (Å²) in [6.07, 6.45) is 5.10. The van der Waals surface area contributed by atoms with E-state index < -0.39 is 30.1 Å². The molecular formula is C36H45N3O7. The molecule has 3 N–H and O–H groups in total. The number of alkyl carbamates (subject to hydrolysis) is 1. The van der Waals surface area contributed by atoms with Crippen molar-refractivity contribution in [3.8, 4) is 11.1 Å². The van der Waals surface area contributed by atoms with E-state index >= 15 is 0 Å². The summed E-state index contributed by atoms with van der Waals surface area (Å²) in [4.78, 5) is 53.4. The summed E-state index contributed by atoms with van der Waals surface area (Å²) in [5, 5.41) is 15.0. The van der Waals surface area contributed by atoms with Gasteiger partial charge in [-0.25, -0.2) is 9.59 Å². The fourth-order valence-electron chi connectivity index (χ4n) is 6.19. The Balaban J connectivity index is 1.28. The Morgan fingerprint density at radius 2 is 1.67 bits per heavy atom. The minimum absolute atomic E-state index is 0.00541. The van der Waals surface area contributed by atoms with Crippen molar-refractivity contribution in [1.82, 2.24) is 15.5 Å². The van der Waals surface area contributed by atoms with E-state index in [2.05, 4.69) is 35.9 Å². The highest BCUT2D eigenvalue weighted by molar-refractivity contribution is 5.86. The second-order valence-electron chi connectivity index (χ2n) is 11.9. The number of allylic oxidation sites excluding steroid dienone is 2. The molecule has 46 heavy (non-hydrogen) atoms. The van der Waals surface area contributed by atoms with Crippen LogP contribution in [0.4, 0.5) is 4.79 Å². The molecule has 0 aromatic heterocycles. The van der Waals surface area contributed by atoms with Crippen molar-refractivity contribution < 1.29 is 33.8 Å². The van der Waals surface area contributed by atoms with Crippen LogP contribution in [0, 0.1) is 5.92 Å². The number of esters is 1. The SMILES string of the molecule is C=CCC[C@H](NC(=O)OCC1c2ccccc2-c2ccccc21)C(=O)OC[C@H](C)NC(=O)[C@H](CC=C)CC(=O)N1CCC[C@H]1CO. The summed E-state index contributed by atoms with van der Waals surface area (Å²) in [5.41, 5.74) is 4.40. The highest BCUT2D eigenvalue weighted by atomic mass is 16.6. The summed E-state index contributed by atoms with van der Waals surface area (Å²) < 4.78 is 11.1. The lowest BCUT2D eigenvalue weighted by Gasteiger charge is -2.26. The molecule has 10 heteroatoms. The zero-order valence-corrected chi connectivity index (χ0v) is 26.5. The molecular weight excluding hydrogens is 586 g/mol. The summed E-state index contributed by atoms with van der Waals surface area (Å²) >= 11 is 0. The number of carbonyl (C=O) groups excluding carboxylic acids is 4. The Labute approximate surface area is 270 Å². The second-order valence-corrected chi connectivity index (χ2v) is 11.9. The molecule has 1 saturated heterocycles. The number of rotatable bonds is 16. The quantitative estimate of drug-likeness (QED) is 0.184. The Kier molecular flexibility index (Phi) is 12.5. The standard InChI is InChI=1S/C36H45N3O7/c1-4-6-18-32(38-36(44)46-23-31-29-16-9-7-14-27(29)28-15-8-10-17-30(28)31)35(43)45-22-24(3)37-34(42)25(12-5-2)20-33(41)39-19-11-13-26(39)21-40/h4-5,7-10,14-17,24-26,31-32,40H,1-2,6,11-13,18-23H2,3H3,(H,37,42)(H,38,44)/t24-,25+,26-,32-/m0/s1. The van der Waals surface area contributed by atoms with Gasteiger partial charge in [0.1, 0.15) is 19.3 Å². The highest BCUT2D eigenvalue weighted by Gasteiger charge is 2.32. The van der Waals surface area contributed by atoms with E-state index in [1.54, 1.807) is 24.0 Å². The maximum Gasteiger partial charge on any atom is 0.407 e. The van der Waals surface area contributed by atoms with E-state index in [1.807, 2.05) is 36.4 Å². The van der Waals surface area contributed by atoms with Crippen LogP contribution in [0.2, 0.25) is 0 Å². The van der Waals surface area contributed by atoms with Gasteiger partial charge in [-0.1, -0.05) is 60.7 Å². The molecule has 2 aliphatic rings. The molecule has 4 atom stereocenters. The molecule has 0 unspecified atom stereocenters. The lowest BCUT2D eigenvalue weighted by molar-refractivity contribution is -0.147. The number of likely N-dealkylation sites (tertiary alicyclic amines) is 1. The van der Waals surface area contributed by atoms with Crippen molar-refractivity contribution in [2.45, 2.75) is 69.5 Å². The molecule has 4 rings (SSSR count). The normalized spacial score (nSPS) is 17.2. The number of aliphatic hydroxyl groups is 1. The van der Waals surface area contributed by atoms with Gasteiger partial charge in [0.25, 0.3) is 0 Å². The molecule has 0 bridgehead atoms. The highest BCUT2D eigenvalue weighted by Crippen LogP contribution is 2.44. The molecule has 0 radical (unpaired) electrons. The molecule has 0 spiro atoms. The van der Waals surface area contributed by atoms with Gasteiger partial charge in [0, 0.05) is 18.9 Å².